The van der Waals surface area contributed by atoms with Gasteiger partial charge >= 0.3 is 0 Å². The fourth-order valence-corrected chi connectivity index (χ4v) is 4.05. The summed E-state index contributed by atoms with van der Waals surface area (Å²) in [4.78, 5) is 5.42. The van der Waals surface area contributed by atoms with Crippen molar-refractivity contribution >= 4 is 0 Å². The Kier molecular flexibility index (Phi) is 3.92. The van der Waals surface area contributed by atoms with Crippen LogP contribution in [0.25, 0.3) is 0 Å². The summed E-state index contributed by atoms with van der Waals surface area (Å²) in [5, 5.41) is 0. The third-order valence-corrected chi connectivity index (χ3v) is 5.71. The van der Waals surface area contributed by atoms with Crippen molar-refractivity contribution in [2.75, 3.05) is 39.3 Å². The topological polar surface area (TPSA) is 32.5 Å². The maximum atomic E-state index is 5.95. The van der Waals surface area contributed by atoms with E-state index in [-0.39, 0.29) is 0 Å². The van der Waals surface area contributed by atoms with Gasteiger partial charge in [-0.05, 0) is 76.7 Å². The van der Waals surface area contributed by atoms with E-state index in [0.29, 0.717) is 5.41 Å². The quantitative estimate of drug-likeness (QED) is 0.807. The van der Waals surface area contributed by atoms with Crippen LogP contribution in [0, 0.1) is 5.41 Å². The summed E-state index contributed by atoms with van der Waals surface area (Å²) in [5.74, 6) is 0. The van der Waals surface area contributed by atoms with Crippen LogP contribution in [0.4, 0.5) is 0 Å². The monoisotopic (exact) mass is 251 g/mol. The molecular formula is C15H29N3. The molecule has 3 rings (SSSR count). The second kappa shape index (κ2) is 5.48. The largest absolute Gasteiger partial charge is 0.330 e. The molecule has 0 amide bonds. The van der Waals surface area contributed by atoms with Gasteiger partial charge in [-0.15, -0.1) is 0 Å². The van der Waals surface area contributed by atoms with Crippen molar-refractivity contribution in [1.82, 2.24) is 9.80 Å². The predicted octanol–water partition coefficient (Wildman–Crippen LogP) is 1.68. The lowest BCUT2D eigenvalue weighted by Gasteiger charge is -2.42. The van der Waals surface area contributed by atoms with E-state index in [1.165, 1.54) is 77.7 Å². The molecule has 0 radical (unpaired) electrons. The van der Waals surface area contributed by atoms with Crippen molar-refractivity contribution in [3.63, 3.8) is 0 Å². The fourth-order valence-electron chi connectivity index (χ4n) is 4.05. The Bertz CT molecular complexity index is 263. The zero-order valence-electron chi connectivity index (χ0n) is 11.7. The van der Waals surface area contributed by atoms with Gasteiger partial charge in [0.15, 0.2) is 0 Å². The summed E-state index contributed by atoms with van der Waals surface area (Å²) in [6, 6.07) is 0.864. The van der Waals surface area contributed by atoms with Gasteiger partial charge in [-0.3, -0.25) is 4.90 Å². The Morgan fingerprint density at radius 1 is 1.06 bits per heavy atom. The molecule has 3 fully saturated rings. The van der Waals surface area contributed by atoms with Crippen LogP contribution >= 0.6 is 0 Å². The minimum Gasteiger partial charge on any atom is -0.330 e. The van der Waals surface area contributed by atoms with E-state index in [4.69, 9.17) is 5.73 Å². The molecular weight excluding hydrogens is 222 g/mol. The molecule has 2 saturated heterocycles. The number of hydrogen-bond donors (Lipinski definition) is 1. The minimum atomic E-state index is 0.533. The molecule has 2 N–H and O–H groups in total. The first-order valence-corrected chi connectivity index (χ1v) is 7.98. The second-order valence-electron chi connectivity index (χ2n) is 6.79. The van der Waals surface area contributed by atoms with Gasteiger partial charge in [0, 0.05) is 12.6 Å². The number of nitrogens with zero attached hydrogens (tertiary/aromatic N) is 2. The van der Waals surface area contributed by atoms with E-state index in [9.17, 15) is 0 Å². The molecule has 3 heteroatoms. The molecule has 1 saturated carbocycles. The number of nitrogens with two attached hydrogens (primary N) is 1. The number of hydrogen-bond acceptors (Lipinski definition) is 3. The van der Waals surface area contributed by atoms with E-state index in [1.54, 1.807) is 0 Å². The Hall–Kier alpha value is -0.120. The summed E-state index contributed by atoms with van der Waals surface area (Å²) in [5.41, 5.74) is 6.49. The third-order valence-electron chi connectivity index (χ3n) is 5.71. The van der Waals surface area contributed by atoms with E-state index in [0.717, 1.165) is 12.6 Å². The zero-order valence-corrected chi connectivity index (χ0v) is 11.7. The van der Waals surface area contributed by atoms with Gasteiger partial charge in [0.1, 0.15) is 0 Å². The van der Waals surface area contributed by atoms with Crippen LogP contribution in [-0.2, 0) is 0 Å². The summed E-state index contributed by atoms with van der Waals surface area (Å²) < 4.78 is 0. The molecule has 104 valence electrons. The molecule has 1 aliphatic carbocycles. The van der Waals surface area contributed by atoms with Crippen molar-refractivity contribution in [3.8, 4) is 0 Å². The lowest BCUT2D eigenvalue weighted by Crippen LogP contribution is -2.41. The van der Waals surface area contributed by atoms with E-state index in [1.807, 2.05) is 0 Å². The van der Waals surface area contributed by atoms with Gasteiger partial charge in [-0.1, -0.05) is 6.42 Å². The Labute approximate surface area is 112 Å². The van der Waals surface area contributed by atoms with Gasteiger partial charge in [0.25, 0.3) is 0 Å². The van der Waals surface area contributed by atoms with E-state index >= 15 is 0 Å². The Balaban J connectivity index is 1.42. The van der Waals surface area contributed by atoms with Crippen LogP contribution in [0.5, 0.6) is 0 Å². The highest BCUT2D eigenvalue weighted by molar-refractivity contribution is 4.91. The summed E-state index contributed by atoms with van der Waals surface area (Å²) in [6.45, 7) is 7.55. The van der Waals surface area contributed by atoms with Gasteiger partial charge in [-0.2, -0.15) is 0 Å². The molecule has 0 aromatic rings. The first-order chi connectivity index (χ1) is 8.81. The molecule has 0 aromatic carbocycles. The number of likely N-dealkylation sites (tertiary alicyclic amines) is 2. The van der Waals surface area contributed by atoms with Crippen LogP contribution in [0.2, 0.25) is 0 Å². The van der Waals surface area contributed by atoms with Crippen molar-refractivity contribution in [3.05, 3.63) is 0 Å². The van der Waals surface area contributed by atoms with Gasteiger partial charge < -0.3 is 10.6 Å². The molecule has 1 atom stereocenters. The van der Waals surface area contributed by atoms with Crippen molar-refractivity contribution in [2.24, 2.45) is 11.1 Å². The standard InChI is InChI=1S/C15H29N3/c16-13-15(5-3-6-15)7-11-17-10-4-14(12-17)18-8-1-2-9-18/h14H,1-13,16H2. The predicted molar refractivity (Wildman–Crippen MR) is 75.6 cm³/mol. The lowest BCUT2D eigenvalue weighted by atomic mass is 9.66. The van der Waals surface area contributed by atoms with Crippen LogP contribution in [0.15, 0.2) is 0 Å². The first-order valence-electron chi connectivity index (χ1n) is 7.98. The van der Waals surface area contributed by atoms with Gasteiger partial charge in [0.2, 0.25) is 0 Å². The van der Waals surface area contributed by atoms with E-state index in [2.05, 4.69) is 9.80 Å². The molecule has 0 spiro atoms. The molecule has 2 heterocycles. The SMILES string of the molecule is NCC1(CCN2CCC(N3CCCC3)C2)CCC1. The van der Waals surface area contributed by atoms with Crippen LogP contribution in [-0.4, -0.2) is 55.1 Å². The highest BCUT2D eigenvalue weighted by Crippen LogP contribution is 2.43. The molecule has 1 unspecified atom stereocenters. The molecule has 3 aliphatic rings. The van der Waals surface area contributed by atoms with Crippen LogP contribution in [0.1, 0.15) is 44.9 Å². The second-order valence-corrected chi connectivity index (χ2v) is 6.79. The van der Waals surface area contributed by atoms with Crippen LogP contribution < -0.4 is 5.73 Å². The normalized spacial score (nSPS) is 32.8. The van der Waals surface area contributed by atoms with Crippen LogP contribution in [0.3, 0.4) is 0 Å². The van der Waals surface area contributed by atoms with Crippen molar-refractivity contribution < 1.29 is 0 Å². The maximum Gasteiger partial charge on any atom is 0.0235 e. The first kappa shape index (κ1) is 12.9. The highest BCUT2D eigenvalue weighted by atomic mass is 15.3. The third kappa shape index (κ3) is 2.59. The smallest absolute Gasteiger partial charge is 0.0235 e. The number of rotatable bonds is 5. The Morgan fingerprint density at radius 3 is 2.44 bits per heavy atom. The van der Waals surface area contributed by atoms with Crippen molar-refractivity contribution in [2.45, 2.75) is 51.0 Å². The summed E-state index contributed by atoms with van der Waals surface area (Å²) in [6.07, 6.45) is 9.76. The highest BCUT2D eigenvalue weighted by Gasteiger charge is 2.36. The maximum absolute atomic E-state index is 5.95. The Morgan fingerprint density at radius 2 is 1.83 bits per heavy atom. The summed E-state index contributed by atoms with van der Waals surface area (Å²) >= 11 is 0. The molecule has 3 nitrogen and oxygen atoms in total. The molecule has 0 bridgehead atoms. The average Bonchev–Trinajstić information content (AvgIpc) is 2.98. The van der Waals surface area contributed by atoms with Gasteiger partial charge in [0.05, 0.1) is 0 Å². The zero-order chi connectivity index (χ0) is 12.4. The summed E-state index contributed by atoms with van der Waals surface area (Å²) in [7, 11) is 0. The average molecular weight is 251 g/mol. The fraction of sp³-hybridized carbons (Fsp3) is 1.00. The van der Waals surface area contributed by atoms with Gasteiger partial charge in [-0.25, -0.2) is 0 Å². The van der Waals surface area contributed by atoms with Crippen molar-refractivity contribution in [1.29, 1.82) is 0 Å². The lowest BCUT2D eigenvalue weighted by molar-refractivity contribution is 0.109. The molecule has 0 aromatic heterocycles. The van der Waals surface area contributed by atoms with E-state index < -0.39 is 0 Å². The molecule has 2 aliphatic heterocycles. The molecule has 18 heavy (non-hydrogen) atoms. The minimum absolute atomic E-state index is 0.533.